The van der Waals surface area contributed by atoms with E-state index in [9.17, 15) is 9.59 Å². The summed E-state index contributed by atoms with van der Waals surface area (Å²) in [7, 11) is 0. The van der Waals surface area contributed by atoms with Crippen LogP contribution in [0.1, 0.15) is 12.8 Å². The van der Waals surface area contributed by atoms with E-state index in [1.54, 1.807) is 24.3 Å². The topological polar surface area (TPSA) is 67.4 Å². The van der Waals surface area contributed by atoms with Gasteiger partial charge in [-0.05, 0) is 37.1 Å². The predicted octanol–water partition coefficient (Wildman–Crippen LogP) is 3.05. The van der Waals surface area contributed by atoms with Crippen LogP contribution in [0.15, 0.2) is 54.6 Å². The molecule has 0 radical (unpaired) electrons. The van der Waals surface area contributed by atoms with Gasteiger partial charge < -0.3 is 15.4 Å². The molecule has 0 unspecified atom stereocenters. The molecule has 5 nitrogen and oxygen atoms in total. The minimum absolute atomic E-state index is 0.0453. The molecule has 0 spiro atoms. The molecule has 0 aromatic heterocycles. The van der Waals surface area contributed by atoms with E-state index in [1.165, 1.54) is 0 Å². The molecule has 3 rings (SSSR count). The lowest BCUT2D eigenvalue weighted by atomic mass is 10.3. The van der Waals surface area contributed by atoms with Gasteiger partial charge in [0.05, 0.1) is 0 Å². The molecule has 2 amide bonds. The molecular weight excluding hydrogens is 292 g/mol. The van der Waals surface area contributed by atoms with Crippen molar-refractivity contribution in [2.75, 3.05) is 17.2 Å². The molecule has 1 aliphatic rings. The summed E-state index contributed by atoms with van der Waals surface area (Å²) >= 11 is 0. The number of ether oxygens (including phenoxy) is 1. The number of benzene rings is 2. The van der Waals surface area contributed by atoms with Crippen molar-refractivity contribution in [3.05, 3.63) is 54.6 Å². The number of amides is 2. The van der Waals surface area contributed by atoms with E-state index in [-0.39, 0.29) is 24.3 Å². The molecular formula is C18H18N2O3. The number of carbonyl (C=O) groups excluding carboxylic acids is 2. The number of anilines is 2. The van der Waals surface area contributed by atoms with Gasteiger partial charge in [-0.1, -0.05) is 24.3 Å². The molecule has 2 N–H and O–H groups in total. The monoisotopic (exact) mass is 310 g/mol. The molecule has 0 heterocycles. The molecule has 5 heteroatoms. The largest absolute Gasteiger partial charge is 0.484 e. The first-order valence-electron chi connectivity index (χ1n) is 7.59. The fourth-order valence-electron chi connectivity index (χ4n) is 2.12. The van der Waals surface area contributed by atoms with Crippen LogP contribution in [0.3, 0.4) is 0 Å². The summed E-state index contributed by atoms with van der Waals surface area (Å²) in [5.74, 6) is 0.505. The third-order valence-electron chi connectivity index (χ3n) is 3.48. The number of hydrogen-bond acceptors (Lipinski definition) is 3. The number of carbonyl (C=O) groups is 2. The molecule has 118 valence electrons. The van der Waals surface area contributed by atoms with Crippen LogP contribution in [0.4, 0.5) is 11.4 Å². The second-order valence-electron chi connectivity index (χ2n) is 5.49. The molecule has 0 aliphatic heterocycles. The molecule has 2 aromatic carbocycles. The van der Waals surface area contributed by atoms with Gasteiger partial charge in [0.1, 0.15) is 5.75 Å². The van der Waals surface area contributed by atoms with Gasteiger partial charge in [0.2, 0.25) is 5.91 Å². The summed E-state index contributed by atoms with van der Waals surface area (Å²) in [6.45, 7) is -0.0884. The SMILES string of the molecule is O=C(COc1cccc(NC(=O)C2CC2)c1)Nc1ccccc1. The van der Waals surface area contributed by atoms with Crippen LogP contribution in [0.5, 0.6) is 5.75 Å². The van der Waals surface area contributed by atoms with Crippen molar-refractivity contribution >= 4 is 23.2 Å². The first-order chi connectivity index (χ1) is 11.2. The molecule has 1 saturated carbocycles. The van der Waals surface area contributed by atoms with E-state index in [1.807, 2.05) is 30.3 Å². The average Bonchev–Trinajstić information content (AvgIpc) is 3.39. The van der Waals surface area contributed by atoms with E-state index in [4.69, 9.17) is 4.74 Å². The van der Waals surface area contributed by atoms with Crippen LogP contribution in [0.2, 0.25) is 0 Å². The summed E-state index contributed by atoms with van der Waals surface area (Å²) < 4.78 is 5.47. The molecule has 0 atom stereocenters. The Morgan fingerprint density at radius 2 is 1.70 bits per heavy atom. The van der Waals surface area contributed by atoms with Gasteiger partial charge in [-0.3, -0.25) is 9.59 Å². The molecule has 2 aromatic rings. The quantitative estimate of drug-likeness (QED) is 0.861. The third kappa shape index (κ3) is 4.57. The minimum atomic E-state index is -0.233. The van der Waals surface area contributed by atoms with Crippen molar-refractivity contribution in [3.63, 3.8) is 0 Å². The minimum Gasteiger partial charge on any atom is -0.484 e. The van der Waals surface area contributed by atoms with Gasteiger partial charge >= 0.3 is 0 Å². The predicted molar refractivity (Wildman–Crippen MR) is 88.4 cm³/mol. The van der Waals surface area contributed by atoms with Crippen molar-refractivity contribution in [1.82, 2.24) is 0 Å². The summed E-state index contributed by atoms with van der Waals surface area (Å²) in [6, 6.07) is 16.3. The summed E-state index contributed by atoms with van der Waals surface area (Å²) in [4.78, 5) is 23.6. The Labute approximate surface area is 134 Å². The zero-order valence-corrected chi connectivity index (χ0v) is 12.6. The van der Waals surface area contributed by atoms with E-state index in [0.717, 1.165) is 18.5 Å². The maximum absolute atomic E-state index is 11.8. The molecule has 1 fully saturated rings. The zero-order chi connectivity index (χ0) is 16.1. The molecule has 0 bridgehead atoms. The Kier molecular flexibility index (Phi) is 4.57. The van der Waals surface area contributed by atoms with Crippen molar-refractivity contribution in [3.8, 4) is 5.75 Å². The lowest BCUT2D eigenvalue weighted by Gasteiger charge is -2.09. The molecule has 0 saturated heterocycles. The zero-order valence-electron chi connectivity index (χ0n) is 12.6. The lowest BCUT2D eigenvalue weighted by molar-refractivity contribution is -0.118. The van der Waals surface area contributed by atoms with E-state index in [2.05, 4.69) is 10.6 Å². The highest BCUT2D eigenvalue weighted by molar-refractivity contribution is 5.94. The lowest BCUT2D eigenvalue weighted by Crippen LogP contribution is -2.20. The standard InChI is InChI=1S/C18H18N2O3/c21-17(19-14-5-2-1-3-6-14)12-23-16-8-4-7-15(11-16)20-18(22)13-9-10-13/h1-8,11,13H,9-10,12H2,(H,19,21)(H,20,22). The van der Waals surface area contributed by atoms with E-state index >= 15 is 0 Å². The number of hydrogen-bond donors (Lipinski definition) is 2. The highest BCUT2D eigenvalue weighted by Crippen LogP contribution is 2.30. The summed E-state index contributed by atoms with van der Waals surface area (Å²) in [6.07, 6.45) is 1.92. The van der Waals surface area contributed by atoms with Gasteiger partial charge in [-0.2, -0.15) is 0 Å². The van der Waals surface area contributed by atoms with Crippen LogP contribution >= 0.6 is 0 Å². The number of para-hydroxylation sites is 1. The number of rotatable bonds is 6. The van der Waals surface area contributed by atoms with Crippen LogP contribution < -0.4 is 15.4 Å². The second kappa shape index (κ2) is 6.96. The van der Waals surface area contributed by atoms with Crippen molar-refractivity contribution in [2.24, 2.45) is 5.92 Å². The Bertz CT molecular complexity index is 696. The third-order valence-corrected chi connectivity index (χ3v) is 3.48. The maximum atomic E-state index is 11.8. The molecule has 23 heavy (non-hydrogen) atoms. The second-order valence-corrected chi connectivity index (χ2v) is 5.49. The van der Waals surface area contributed by atoms with Gasteiger partial charge in [-0.25, -0.2) is 0 Å². The van der Waals surface area contributed by atoms with Crippen molar-refractivity contribution < 1.29 is 14.3 Å². The first kappa shape index (κ1) is 15.1. The normalized spacial score (nSPS) is 13.2. The smallest absolute Gasteiger partial charge is 0.262 e. The number of nitrogens with one attached hydrogen (secondary N) is 2. The van der Waals surface area contributed by atoms with Crippen molar-refractivity contribution in [1.29, 1.82) is 0 Å². The average molecular weight is 310 g/mol. The Balaban J connectivity index is 1.51. The maximum Gasteiger partial charge on any atom is 0.262 e. The Hall–Kier alpha value is -2.82. The highest BCUT2D eigenvalue weighted by atomic mass is 16.5. The van der Waals surface area contributed by atoms with Crippen molar-refractivity contribution in [2.45, 2.75) is 12.8 Å². The highest BCUT2D eigenvalue weighted by Gasteiger charge is 2.29. The van der Waals surface area contributed by atoms with E-state index in [0.29, 0.717) is 11.4 Å². The Morgan fingerprint density at radius 3 is 2.43 bits per heavy atom. The van der Waals surface area contributed by atoms with Gasteiger partial charge in [0.15, 0.2) is 6.61 Å². The van der Waals surface area contributed by atoms with Crippen LogP contribution in [0.25, 0.3) is 0 Å². The Morgan fingerprint density at radius 1 is 0.957 bits per heavy atom. The fraction of sp³-hybridized carbons (Fsp3) is 0.222. The summed E-state index contributed by atoms with van der Waals surface area (Å²) in [5, 5.41) is 5.60. The van der Waals surface area contributed by atoms with Crippen LogP contribution in [-0.2, 0) is 9.59 Å². The first-order valence-corrected chi connectivity index (χ1v) is 7.59. The van der Waals surface area contributed by atoms with Crippen LogP contribution in [0, 0.1) is 5.92 Å². The van der Waals surface area contributed by atoms with Gasteiger partial charge in [0.25, 0.3) is 5.91 Å². The van der Waals surface area contributed by atoms with E-state index < -0.39 is 0 Å². The summed E-state index contributed by atoms with van der Waals surface area (Å²) in [5.41, 5.74) is 1.41. The van der Waals surface area contributed by atoms with Gasteiger partial charge in [0, 0.05) is 23.4 Å². The van der Waals surface area contributed by atoms with Crippen LogP contribution in [-0.4, -0.2) is 18.4 Å². The fourth-order valence-corrected chi connectivity index (χ4v) is 2.12. The molecule has 1 aliphatic carbocycles. The van der Waals surface area contributed by atoms with Gasteiger partial charge in [-0.15, -0.1) is 0 Å².